The van der Waals surface area contributed by atoms with Gasteiger partial charge in [-0.1, -0.05) is 36.4 Å². The van der Waals surface area contributed by atoms with Crippen LogP contribution in [-0.4, -0.2) is 49.2 Å². The normalized spacial score (nSPS) is 15.9. The Morgan fingerprint density at radius 1 is 1.04 bits per heavy atom. The van der Waals surface area contributed by atoms with Crippen molar-refractivity contribution >= 4 is 10.9 Å². The van der Waals surface area contributed by atoms with E-state index in [2.05, 4.69) is 57.8 Å². The summed E-state index contributed by atoms with van der Waals surface area (Å²) in [6.07, 6.45) is 6.79. The van der Waals surface area contributed by atoms with Crippen molar-refractivity contribution < 1.29 is 4.74 Å². The number of fused-ring (bicyclic) bond motifs is 1. The lowest BCUT2D eigenvalue weighted by molar-refractivity contribution is 0.200. The topological polar surface area (TPSA) is 40.3 Å². The summed E-state index contributed by atoms with van der Waals surface area (Å²) in [6, 6.07) is 17.6. The van der Waals surface area contributed by atoms with E-state index < -0.39 is 0 Å². The minimum Gasteiger partial charge on any atom is -0.496 e. The average molecular weight is 378 g/mol. The minimum atomic E-state index is 0.639. The number of aromatic nitrogens is 1. The van der Waals surface area contributed by atoms with Crippen LogP contribution in [0.1, 0.15) is 24.0 Å². The Morgan fingerprint density at radius 3 is 2.64 bits per heavy atom. The van der Waals surface area contributed by atoms with E-state index in [-0.39, 0.29) is 0 Å². The van der Waals surface area contributed by atoms with Gasteiger partial charge in [-0.05, 0) is 68.6 Å². The number of piperidine rings is 1. The molecule has 0 atom stereocenters. The molecule has 4 rings (SSSR count). The molecular weight excluding hydrogens is 346 g/mol. The van der Waals surface area contributed by atoms with E-state index in [1.165, 1.54) is 49.0 Å². The van der Waals surface area contributed by atoms with Gasteiger partial charge in [0.2, 0.25) is 0 Å². The van der Waals surface area contributed by atoms with Gasteiger partial charge in [-0.25, -0.2) is 0 Å². The van der Waals surface area contributed by atoms with Crippen molar-refractivity contribution in [2.75, 3.05) is 33.3 Å². The van der Waals surface area contributed by atoms with Crippen molar-refractivity contribution in [1.82, 2.24) is 15.2 Å². The molecule has 4 heteroatoms. The fourth-order valence-corrected chi connectivity index (χ4v) is 4.29. The van der Waals surface area contributed by atoms with E-state index in [1.54, 1.807) is 7.11 Å². The molecule has 0 saturated carbocycles. The van der Waals surface area contributed by atoms with Crippen LogP contribution in [0.4, 0.5) is 0 Å². The maximum absolute atomic E-state index is 5.54. The summed E-state index contributed by atoms with van der Waals surface area (Å²) in [5, 5.41) is 5.00. The summed E-state index contributed by atoms with van der Waals surface area (Å²) in [5.41, 5.74) is 3.93. The van der Waals surface area contributed by atoms with Crippen LogP contribution < -0.4 is 10.1 Å². The van der Waals surface area contributed by atoms with Gasteiger partial charge in [-0.15, -0.1) is 0 Å². The molecule has 1 saturated heterocycles. The highest BCUT2D eigenvalue weighted by atomic mass is 16.5. The lowest BCUT2D eigenvalue weighted by Gasteiger charge is -2.32. The molecule has 4 nitrogen and oxygen atoms in total. The molecule has 28 heavy (non-hydrogen) atoms. The highest BCUT2D eigenvalue weighted by Crippen LogP contribution is 2.28. The van der Waals surface area contributed by atoms with Crippen LogP contribution in [0.3, 0.4) is 0 Å². The second-order valence-electron chi connectivity index (χ2n) is 7.75. The SMILES string of the molecule is COc1cccc2[nH]cc(CCNC3CCN(CCc4ccccc4)CC3)c12. The number of methoxy groups -OCH3 is 1. The number of hydrogen-bond acceptors (Lipinski definition) is 3. The molecule has 0 radical (unpaired) electrons. The summed E-state index contributed by atoms with van der Waals surface area (Å²) < 4.78 is 5.54. The molecular formula is C24H31N3O. The first-order valence-corrected chi connectivity index (χ1v) is 10.5. The number of aromatic amines is 1. The van der Waals surface area contributed by atoms with Gasteiger partial charge in [0.15, 0.2) is 0 Å². The molecule has 0 unspecified atom stereocenters. The average Bonchev–Trinajstić information content (AvgIpc) is 3.17. The van der Waals surface area contributed by atoms with Gasteiger partial charge in [-0.2, -0.15) is 0 Å². The molecule has 1 fully saturated rings. The Bertz CT molecular complexity index is 866. The zero-order chi connectivity index (χ0) is 19.2. The van der Waals surface area contributed by atoms with E-state index in [4.69, 9.17) is 4.74 Å². The zero-order valence-electron chi connectivity index (χ0n) is 16.8. The Balaban J connectivity index is 1.21. The van der Waals surface area contributed by atoms with Crippen molar-refractivity contribution in [3.63, 3.8) is 0 Å². The van der Waals surface area contributed by atoms with Gasteiger partial charge in [-0.3, -0.25) is 0 Å². The fraction of sp³-hybridized carbons (Fsp3) is 0.417. The Hall–Kier alpha value is -2.30. The van der Waals surface area contributed by atoms with Crippen molar-refractivity contribution in [3.05, 3.63) is 65.9 Å². The number of ether oxygens (including phenoxy) is 1. The summed E-state index contributed by atoms with van der Waals surface area (Å²) in [7, 11) is 1.75. The molecule has 2 heterocycles. The zero-order valence-corrected chi connectivity index (χ0v) is 16.8. The molecule has 148 valence electrons. The Labute approximate surface area is 167 Å². The van der Waals surface area contributed by atoms with Crippen LogP contribution in [-0.2, 0) is 12.8 Å². The van der Waals surface area contributed by atoms with E-state index in [1.807, 2.05) is 12.1 Å². The molecule has 1 aromatic heterocycles. The van der Waals surface area contributed by atoms with Crippen LogP contribution in [0.25, 0.3) is 10.9 Å². The third-order valence-electron chi connectivity index (χ3n) is 5.94. The second kappa shape index (κ2) is 9.26. The summed E-state index contributed by atoms with van der Waals surface area (Å²) in [4.78, 5) is 5.98. The number of nitrogens with zero attached hydrogens (tertiary/aromatic N) is 1. The largest absolute Gasteiger partial charge is 0.496 e. The monoisotopic (exact) mass is 377 g/mol. The van der Waals surface area contributed by atoms with Gasteiger partial charge in [0.1, 0.15) is 5.75 Å². The van der Waals surface area contributed by atoms with Gasteiger partial charge in [0.05, 0.1) is 7.11 Å². The smallest absolute Gasteiger partial charge is 0.128 e. The molecule has 2 aromatic carbocycles. The van der Waals surface area contributed by atoms with Crippen molar-refractivity contribution in [2.24, 2.45) is 0 Å². The lowest BCUT2D eigenvalue weighted by Crippen LogP contribution is -2.43. The number of likely N-dealkylation sites (tertiary alicyclic amines) is 1. The third-order valence-corrected chi connectivity index (χ3v) is 5.94. The van der Waals surface area contributed by atoms with Crippen LogP contribution in [0.5, 0.6) is 5.75 Å². The first kappa shape index (κ1) is 19.0. The highest BCUT2D eigenvalue weighted by Gasteiger charge is 2.18. The van der Waals surface area contributed by atoms with Crippen LogP contribution in [0, 0.1) is 0 Å². The van der Waals surface area contributed by atoms with Gasteiger partial charge in [0, 0.05) is 29.7 Å². The number of nitrogens with one attached hydrogen (secondary N) is 2. The quantitative estimate of drug-likeness (QED) is 0.623. The third kappa shape index (κ3) is 4.57. The first-order valence-electron chi connectivity index (χ1n) is 10.5. The van der Waals surface area contributed by atoms with Crippen molar-refractivity contribution in [2.45, 2.75) is 31.7 Å². The molecule has 0 aliphatic carbocycles. The van der Waals surface area contributed by atoms with Crippen molar-refractivity contribution in [1.29, 1.82) is 0 Å². The van der Waals surface area contributed by atoms with E-state index in [0.717, 1.165) is 30.7 Å². The molecule has 1 aliphatic rings. The number of benzene rings is 2. The Morgan fingerprint density at radius 2 is 1.86 bits per heavy atom. The summed E-state index contributed by atoms with van der Waals surface area (Å²) >= 11 is 0. The fourth-order valence-electron chi connectivity index (χ4n) is 4.29. The molecule has 0 amide bonds. The molecule has 2 N–H and O–H groups in total. The van der Waals surface area contributed by atoms with E-state index in [0.29, 0.717) is 6.04 Å². The minimum absolute atomic E-state index is 0.639. The predicted octanol–water partition coefficient (Wildman–Crippen LogP) is 4.02. The predicted molar refractivity (Wildman–Crippen MR) is 116 cm³/mol. The van der Waals surface area contributed by atoms with Crippen LogP contribution in [0.15, 0.2) is 54.7 Å². The molecule has 0 bridgehead atoms. The number of rotatable bonds is 8. The van der Waals surface area contributed by atoms with Gasteiger partial charge in [0.25, 0.3) is 0 Å². The second-order valence-corrected chi connectivity index (χ2v) is 7.75. The molecule has 1 aliphatic heterocycles. The maximum Gasteiger partial charge on any atom is 0.128 e. The number of H-pyrrole nitrogens is 1. The standard InChI is InChI=1S/C24H31N3O/c1-28-23-9-5-8-22-24(23)20(18-26-22)10-14-25-21-12-16-27(17-13-21)15-11-19-6-3-2-4-7-19/h2-9,18,21,25-26H,10-17H2,1H3. The summed E-state index contributed by atoms with van der Waals surface area (Å²) in [6.45, 7) is 4.59. The molecule has 0 spiro atoms. The maximum atomic E-state index is 5.54. The number of hydrogen-bond donors (Lipinski definition) is 2. The van der Waals surface area contributed by atoms with Crippen LogP contribution in [0.2, 0.25) is 0 Å². The molecule has 3 aromatic rings. The Kier molecular flexibility index (Phi) is 6.30. The lowest BCUT2D eigenvalue weighted by atomic mass is 10.0. The van der Waals surface area contributed by atoms with Gasteiger partial charge >= 0.3 is 0 Å². The van der Waals surface area contributed by atoms with Crippen molar-refractivity contribution in [3.8, 4) is 5.75 Å². The van der Waals surface area contributed by atoms with E-state index in [9.17, 15) is 0 Å². The first-order chi connectivity index (χ1) is 13.8. The highest BCUT2D eigenvalue weighted by molar-refractivity contribution is 5.89. The van der Waals surface area contributed by atoms with E-state index >= 15 is 0 Å². The van der Waals surface area contributed by atoms with Crippen LogP contribution >= 0.6 is 0 Å². The summed E-state index contributed by atoms with van der Waals surface area (Å²) in [5.74, 6) is 0.959. The van der Waals surface area contributed by atoms with Gasteiger partial charge < -0.3 is 19.9 Å².